The lowest BCUT2D eigenvalue weighted by Gasteiger charge is -2.31. The molecule has 0 aromatic rings. The smallest absolute Gasteiger partial charge is 0.311 e. The van der Waals surface area contributed by atoms with E-state index in [1.165, 1.54) is 7.11 Å². The molecule has 1 fully saturated rings. The summed E-state index contributed by atoms with van der Waals surface area (Å²) in [5, 5.41) is 9.35. The van der Waals surface area contributed by atoms with Crippen LogP contribution in [0.5, 0.6) is 0 Å². The Bertz CT molecular complexity index is 180. The Kier molecular flexibility index (Phi) is 3.69. The Morgan fingerprint density at radius 1 is 1.38 bits per heavy atom. The summed E-state index contributed by atoms with van der Waals surface area (Å²) in [6.07, 6.45) is 1.28. The van der Waals surface area contributed by atoms with Gasteiger partial charge in [-0.05, 0) is 12.8 Å². The molecule has 3 atom stereocenters. The Morgan fingerprint density at radius 3 is 2.62 bits per heavy atom. The summed E-state index contributed by atoms with van der Waals surface area (Å²) in [6.45, 7) is 0. The quantitative estimate of drug-likeness (QED) is 0.635. The van der Waals surface area contributed by atoms with Crippen LogP contribution in [0, 0.1) is 5.92 Å². The number of esters is 1. The lowest BCUT2D eigenvalue weighted by atomic mass is 9.85. The van der Waals surface area contributed by atoms with Crippen LogP contribution >= 0.6 is 0 Å². The first kappa shape index (κ1) is 10.5. The third-order valence-electron chi connectivity index (χ3n) is 2.57. The van der Waals surface area contributed by atoms with Crippen LogP contribution in [0.1, 0.15) is 19.3 Å². The Hall–Kier alpha value is -0.610. The normalized spacial score (nSPS) is 34.2. The van der Waals surface area contributed by atoms with Crippen LogP contribution in [-0.2, 0) is 14.3 Å². The molecule has 0 saturated heterocycles. The maximum atomic E-state index is 11.3. The molecule has 76 valence electrons. The summed E-state index contributed by atoms with van der Waals surface area (Å²) in [7, 11) is 2.93. The second-order valence-electron chi connectivity index (χ2n) is 3.37. The number of aliphatic hydroxyl groups is 1. The monoisotopic (exact) mass is 188 g/mol. The van der Waals surface area contributed by atoms with E-state index in [1.54, 1.807) is 7.11 Å². The minimum absolute atomic E-state index is 0.198. The van der Waals surface area contributed by atoms with Crippen molar-refractivity contribution in [1.29, 1.82) is 0 Å². The fraction of sp³-hybridized carbons (Fsp3) is 0.889. The molecule has 0 aromatic carbocycles. The fourth-order valence-corrected chi connectivity index (χ4v) is 1.79. The maximum Gasteiger partial charge on any atom is 0.311 e. The molecule has 13 heavy (non-hydrogen) atoms. The second-order valence-corrected chi connectivity index (χ2v) is 3.37. The van der Waals surface area contributed by atoms with Crippen molar-refractivity contribution in [2.24, 2.45) is 5.92 Å². The second kappa shape index (κ2) is 4.58. The summed E-state index contributed by atoms with van der Waals surface area (Å²) in [4.78, 5) is 11.3. The van der Waals surface area contributed by atoms with Gasteiger partial charge in [-0.2, -0.15) is 0 Å². The summed E-state index contributed by atoms with van der Waals surface area (Å²) in [5.41, 5.74) is 0. The van der Waals surface area contributed by atoms with Gasteiger partial charge < -0.3 is 14.6 Å². The molecule has 0 aromatic heterocycles. The molecule has 1 rings (SSSR count). The Balaban J connectivity index is 2.57. The number of carbonyl (C=O) groups is 1. The average molecular weight is 188 g/mol. The first-order valence-corrected chi connectivity index (χ1v) is 4.47. The van der Waals surface area contributed by atoms with E-state index in [-0.39, 0.29) is 24.1 Å². The largest absolute Gasteiger partial charge is 0.469 e. The molecule has 4 heteroatoms. The average Bonchev–Trinajstić information content (AvgIpc) is 2.16. The van der Waals surface area contributed by atoms with Gasteiger partial charge in [-0.3, -0.25) is 4.79 Å². The standard InChI is InChI=1S/C9H16O4/c1-12-8-5-6(10)3-4-7(8)9(11)13-2/h6-8,10H,3-5H2,1-2H3/t6-,7+,8+/m1/s1. The van der Waals surface area contributed by atoms with E-state index in [1.807, 2.05) is 0 Å². The lowest BCUT2D eigenvalue weighted by Crippen LogP contribution is -2.38. The number of aliphatic hydroxyl groups excluding tert-OH is 1. The van der Waals surface area contributed by atoms with Crippen molar-refractivity contribution < 1.29 is 19.4 Å². The van der Waals surface area contributed by atoms with Crippen LogP contribution < -0.4 is 0 Å². The number of methoxy groups -OCH3 is 2. The zero-order chi connectivity index (χ0) is 9.84. The van der Waals surface area contributed by atoms with Gasteiger partial charge in [0.25, 0.3) is 0 Å². The maximum absolute atomic E-state index is 11.3. The number of ether oxygens (including phenoxy) is 2. The van der Waals surface area contributed by atoms with Crippen molar-refractivity contribution in [3.8, 4) is 0 Å². The topological polar surface area (TPSA) is 55.8 Å². The number of rotatable bonds is 2. The molecule has 1 aliphatic rings. The molecular weight excluding hydrogens is 172 g/mol. The van der Waals surface area contributed by atoms with E-state index in [4.69, 9.17) is 4.74 Å². The van der Waals surface area contributed by atoms with E-state index < -0.39 is 0 Å². The first-order valence-electron chi connectivity index (χ1n) is 4.47. The third kappa shape index (κ3) is 2.42. The van der Waals surface area contributed by atoms with Crippen LogP contribution in [0.25, 0.3) is 0 Å². The molecular formula is C9H16O4. The summed E-state index contributed by atoms with van der Waals surface area (Å²) < 4.78 is 9.79. The Morgan fingerprint density at radius 2 is 2.08 bits per heavy atom. The highest BCUT2D eigenvalue weighted by atomic mass is 16.5. The van der Waals surface area contributed by atoms with Crippen LogP contribution in [0.3, 0.4) is 0 Å². The van der Waals surface area contributed by atoms with Crippen molar-refractivity contribution in [2.45, 2.75) is 31.5 Å². The number of hydrogen-bond acceptors (Lipinski definition) is 4. The minimum Gasteiger partial charge on any atom is -0.469 e. The van der Waals surface area contributed by atoms with Crippen LogP contribution in [0.15, 0.2) is 0 Å². The van der Waals surface area contributed by atoms with Crippen LogP contribution in [0.4, 0.5) is 0 Å². The van der Waals surface area contributed by atoms with Crippen molar-refractivity contribution >= 4 is 5.97 Å². The molecule has 0 unspecified atom stereocenters. The Labute approximate surface area is 77.8 Å². The van der Waals surface area contributed by atoms with Gasteiger partial charge >= 0.3 is 5.97 Å². The molecule has 0 spiro atoms. The third-order valence-corrected chi connectivity index (χ3v) is 2.57. The molecule has 0 heterocycles. The highest BCUT2D eigenvalue weighted by Crippen LogP contribution is 2.27. The highest BCUT2D eigenvalue weighted by molar-refractivity contribution is 5.73. The molecule has 4 nitrogen and oxygen atoms in total. The van der Waals surface area contributed by atoms with E-state index in [9.17, 15) is 9.90 Å². The van der Waals surface area contributed by atoms with Gasteiger partial charge in [-0.25, -0.2) is 0 Å². The van der Waals surface area contributed by atoms with Gasteiger partial charge in [0, 0.05) is 13.5 Å². The zero-order valence-electron chi connectivity index (χ0n) is 8.03. The molecule has 0 radical (unpaired) electrons. The van der Waals surface area contributed by atoms with Crippen LogP contribution in [-0.4, -0.2) is 37.5 Å². The van der Waals surface area contributed by atoms with Gasteiger partial charge in [-0.1, -0.05) is 0 Å². The van der Waals surface area contributed by atoms with Gasteiger partial charge in [0.2, 0.25) is 0 Å². The highest BCUT2D eigenvalue weighted by Gasteiger charge is 2.35. The van der Waals surface area contributed by atoms with Gasteiger partial charge in [-0.15, -0.1) is 0 Å². The lowest BCUT2D eigenvalue weighted by molar-refractivity contribution is -0.154. The molecule has 1 saturated carbocycles. The summed E-state index contributed by atoms with van der Waals surface area (Å²) >= 11 is 0. The molecule has 0 amide bonds. The van der Waals surface area contributed by atoms with E-state index in [0.29, 0.717) is 19.3 Å². The van der Waals surface area contributed by atoms with E-state index in [2.05, 4.69) is 4.74 Å². The van der Waals surface area contributed by atoms with Crippen molar-refractivity contribution in [2.75, 3.05) is 14.2 Å². The van der Waals surface area contributed by atoms with E-state index in [0.717, 1.165) is 0 Å². The summed E-state index contributed by atoms with van der Waals surface area (Å²) in [6, 6.07) is 0. The zero-order valence-corrected chi connectivity index (χ0v) is 8.03. The van der Waals surface area contributed by atoms with Gasteiger partial charge in [0.05, 0.1) is 25.2 Å². The molecule has 1 aliphatic carbocycles. The SMILES string of the molecule is COC(=O)[C@H]1CC[C@@H](O)C[C@@H]1OC. The number of carbonyl (C=O) groups excluding carboxylic acids is 1. The molecule has 0 bridgehead atoms. The first-order chi connectivity index (χ1) is 6.19. The van der Waals surface area contributed by atoms with Crippen molar-refractivity contribution in [3.63, 3.8) is 0 Å². The van der Waals surface area contributed by atoms with Crippen molar-refractivity contribution in [3.05, 3.63) is 0 Å². The molecule has 1 N–H and O–H groups in total. The summed E-state index contributed by atoms with van der Waals surface area (Å²) in [5.74, 6) is -0.447. The van der Waals surface area contributed by atoms with Crippen LogP contribution in [0.2, 0.25) is 0 Å². The van der Waals surface area contributed by atoms with Gasteiger partial charge in [0.15, 0.2) is 0 Å². The predicted octanol–water partition coefficient (Wildman–Crippen LogP) is 0.335. The minimum atomic E-state index is -0.342. The van der Waals surface area contributed by atoms with E-state index >= 15 is 0 Å². The van der Waals surface area contributed by atoms with Gasteiger partial charge in [0.1, 0.15) is 0 Å². The van der Waals surface area contributed by atoms with Crippen molar-refractivity contribution in [1.82, 2.24) is 0 Å². The number of hydrogen-bond donors (Lipinski definition) is 1. The molecule has 0 aliphatic heterocycles. The predicted molar refractivity (Wildman–Crippen MR) is 46.2 cm³/mol. The fourth-order valence-electron chi connectivity index (χ4n) is 1.79.